The molecule has 0 atom stereocenters. The number of aryl methyl sites for hydroxylation is 4. The molecule has 0 aliphatic heterocycles. The second-order valence-corrected chi connectivity index (χ2v) is 10.9. The fourth-order valence-corrected chi connectivity index (χ4v) is 6.12. The van der Waals surface area contributed by atoms with Gasteiger partial charge in [0.25, 0.3) is 0 Å². The van der Waals surface area contributed by atoms with Gasteiger partial charge in [-0.05, 0) is 108 Å². The van der Waals surface area contributed by atoms with Crippen LogP contribution in [0.5, 0.6) is 11.5 Å². The van der Waals surface area contributed by atoms with Crippen LogP contribution in [0.2, 0.25) is 0 Å². The molecule has 166 valence electrons. The van der Waals surface area contributed by atoms with Crippen molar-refractivity contribution in [3.8, 4) is 22.6 Å². The molecule has 2 N–H and O–H groups in total. The van der Waals surface area contributed by atoms with Crippen LogP contribution in [0.1, 0.15) is 44.5 Å². The Kier molecular flexibility index (Phi) is 5.22. The van der Waals surface area contributed by atoms with Crippen LogP contribution >= 0.6 is 31.9 Å². The molecule has 4 aromatic carbocycles. The highest BCUT2D eigenvalue weighted by Gasteiger charge is 2.47. The lowest BCUT2D eigenvalue weighted by molar-refractivity contribution is 0.466. The van der Waals surface area contributed by atoms with Crippen molar-refractivity contribution in [2.75, 3.05) is 0 Å². The van der Waals surface area contributed by atoms with E-state index in [1.165, 1.54) is 22.3 Å². The maximum absolute atomic E-state index is 10.6. The molecular formula is C29H24Br2O2. The second-order valence-electron chi connectivity index (χ2n) is 9.05. The molecule has 0 unspecified atom stereocenters. The van der Waals surface area contributed by atoms with Crippen LogP contribution in [0.3, 0.4) is 0 Å². The van der Waals surface area contributed by atoms with E-state index in [-0.39, 0.29) is 0 Å². The first kappa shape index (κ1) is 22.2. The normalized spacial score (nSPS) is 13.6. The zero-order valence-electron chi connectivity index (χ0n) is 18.9. The lowest BCUT2D eigenvalue weighted by atomic mass is 9.66. The predicted molar refractivity (Wildman–Crippen MR) is 141 cm³/mol. The molecule has 0 saturated carbocycles. The molecule has 0 radical (unpaired) electrons. The Morgan fingerprint density at radius 1 is 0.545 bits per heavy atom. The molecule has 4 heteroatoms. The average Bonchev–Trinajstić information content (AvgIpc) is 3.04. The number of hydrogen-bond donors (Lipinski definition) is 2. The Balaban J connectivity index is 2.03. The molecule has 0 amide bonds. The Morgan fingerprint density at radius 2 is 0.879 bits per heavy atom. The maximum Gasteiger partial charge on any atom is 0.121 e. The molecule has 1 aliphatic rings. The van der Waals surface area contributed by atoms with E-state index in [0.717, 1.165) is 42.3 Å². The van der Waals surface area contributed by atoms with Crippen LogP contribution in [-0.4, -0.2) is 10.2 Å². The molecule has 4 aromatic rings. The lowest BCUT2D eigenvalue weighted by Crippen LogP contribution is -2.29. The van der Waals surface area contributed by atoms with Gasteiger partial charge >= 0.3 is 0 Å². The van der Waals surface area contributed by atoms with Crippen molar-refractivity contribution in [3.05, 3.63) is 114 Å². The third kappa shape index (κ3) is 3.18. The zero-order valence-corrected chi connectivity index (χ0v) is 22.1. The smallest absolute Gasteiger partial charge is 0.121 e. The molecule has 0 saturated heterocycles. The number of aromatic hydroxyl groups is 2. The summed E-state index contributed by atoms with van der Waals surface area (Å²) in [6.07, 6.45) is 0. The minimum absolute atomic E-state index is 0.328. The molecule has 0 bridgehead atoms. The van der Waals surface area contributed by atoms with E-state index in [2.05, 4.69) is 92.5 Å². The molecule has 0 aromatic heterocycles. The molecule has 5 rings (SSSR count). The van der Waals surface area contributed by atoms with Gasteiger partial charge in [0.2, 0.25) is 0 Å². The summed E-state index contributed by atoms with van der Waals surface area (Å²) in [6, 6.07) is 21.3. The van der Waals surface area contributed by atoms with Gasteiger partial charge in [-0.3, -0.25) is 0 Å². The zero-order chi connectivity index (χ0) is 23.7. The quantitative estimate of drug-likeness (QED) is 0.227. The van der Waals surface area contributed by atoms with Gasteiger partial charge in [0, 0.05) is 8.95 Å². The van der Waals surface area contributed by atoms with Crippen LogP contribution in [0.25, 0.3) is 11.1 Å². The topological polar surface area (TPSA) is 40.5 Å². The van der Waals surface area contributed by atoms with Gasteiger partial charge in [0.1, 0.15) is 11.5 Å². The molecule has 0 heterocycles. The summed E-state index contributed by atoms with van der Waals surface area (Å²) >= 11 is 7.43. The first-order chi connectivity index (χ1) is 15.6. The van der Waals surface area contributed by atoms with E-state index < -0.39 is 5.41 Å². The summed E-state index contributed by atoms with van der Waals surface area (Å²) in [5, 5.41) is 21.2. The van der Waals surface area contributed by atoms with Crippen LogP contribution < -0.4 is 0 Å². The monoisotopic (exact) mass is 562 g/mol. The molecule has 0 spiro atoms. The van der Waals surface area contributed by atoms with E-state index in [4.69, 9.17) is 0 Å². The summed E-state index contributed by atoms with van der Waals surface area (Å²) in [7, 11) is 0. The standard InChI is InChI=1S/C29H24Br2O2/c1-15-9-19(10-16(2)27(15)32)29(20-11-17(3)28(33)18(4)12-20)25-13-21(30)5-7-23(25)24-8-6-22(31)14-26(24)29/h5-14,32-33H,1-4H3. The van der Waals surface area contributed by atoms with Crippen molar-refractivity contribution in [2.24, 2.45) is 0 Å². The van der Waals surface area contributed by atoms with Gasteiger partial charge < -0.3 is 10.2 Å². The van der Waals surface area contributed by atoms with Crippen LogP contribution in [0.15, 0.2) is 69.6 Å². The van der Waals surface area contributed by atoms with Crippen molar-refractivity contribution >= 4 is 31.9 Å². The molecule has 1 aliphatic carbocycles. The number of hydrogen-bond acceptors (Lipinski definition) is 2. The minimum Gasteiger partial charge on any atom is -0.507 e. The SMILES string of the molecule is Cc1cc(C2(c3cc(C)c(O)c(C)c3)c3cc(Br)ccc3-c3ccc(Br)cc32)cc(C)c1O. The van der Waals surface area contributed by atoms with Gasteiger partial charge in [-0.1, -0.05) is 68.3 Å². The first-order valence-electron chi connectivity index (χ1n) is 10.9. The summed E-state index contributed by atoms with van der Waals surface area (Å²) in [5.74, 6) is 0.655. The Bertz CT molecular complexity index is 1300. The van der Waals surface area contributed by atoms with Gasteiger partial charge in [0.05, 0.1) is 5.41 Å². The van der Waals surface area contributed by atoms with E-state index in [1.54, 1.807) is 0 Å². The molecule has 33 heavy (non-hydrogen) atoms. The third-order valence-corrected chi connectivity index (χ3v) is 7.90. The first-order valence-corrected chi connectivity index (χ1v) is 12.4. The minimum atomic E-state index is -0.606. The number of phenols is 2. The Hall–Kier alpha value is -2.56. The van der Waals surface area contributed by atoms with Crippen molar-refractivity contribution in [3.63, 3.8) is 0 Å². The molecular weight excluding hydrogens is 540 g/mol. The largest absolute Gasteiger partial charge is 0.507 e. The van der Waals surface area contributed by atoms with Crippen molar-refractivity contribution in [2.45, 2.75) is 33.1 Å². The number of benzene rings is 4. The molecule has 2 nitrogen and oxygen atoms in total. The van der Waals surface area contributed by atoms with Gasteiger partial charge in [-0.15, -0.1) is 0 Å². The Morgan fingerprint density at radius 3 is 1.21 bits per heavy atom. The average molecular weight is 564 g/mol. The van der Waals surface area contributed by atoms with Gasteiger partial charge in [-0.25, -0.2) is 0 Å². The van der Waals surface area contributed by atoms with E-state index in [0.29, 0.717) is 11.5 Å². The van der Waals surface area contributed by atoms with Gasteiger partial charge in [-0.2, -0.15) is 0 Å². The molecule has 0 fully saturated rings. The van der Waals surface area contributed by atoms with Crippen LogP contribution in [0.4, 0.5) is 0 Å². The summed E-state index contributed by atoms with van der Waals surface area (Å²) in [6.45, 7) is 7.80. The summed E-state index contributed by atoms with van der Waals surface area (Å²) in [5.41, 5.74) is 9.69. The lowest BCUT2D eigenvalue weighted by Gasteiger charge is -2.35. The highest BCUT2D eigenvalue weighted by Crippen LogP contribution is 2.58. The Labute approximate surface area is 211 Å². The predicted octanol–water partition coefficient (Wildman–Crippen LogP) is 8.22. The van der Waals surface area contributed by atoms with E-state index in [9.17, 15) is 10.2 Å². The van der Waals surface area contributed by atoms with Crippen molar-refractivity contribution in [1.29, 1.82) is 0 Å². The third-order valence-electron chi connectivity index (χ3n) is 6.91. The number of rotatable bonds is 2. The highest BCUT2D eigenvalue weighted by molar-refractivity contribution is 9.10. The highest BCUT2D eigenvalue weighted by atomic mass is 79.9. The van der Waals surface area contributed by atoms with Crippen molar-refractivity contribution in [1.82, 2.24) is 0 Å². The van der Waals surface area contributed by atoms with Crippen LogP contribution in [0, 0.1) is 27.7 Å². The summed E-state index contributed by atoms with van der Waals surface area (Å²) < 4.78 is 2.02. The van der Waals surface area contributed by atoms with E-state index >= 15 is 0 Å². The number of phenolic OH excluding ortho intramolecular Hbond substituents is 2. The number of fused-ring (bicyclic) bond motifs is 3. The maximum atomic E-state index is 10.6. The fraction of sp³-hybridized carbons (Fsp3) is 0.172. The van der Waals surface area contributed by atoms with Crippen LogP contribution in [-0.2, 0) is 5.41 Å². The fourth-order valence-electron chi connectivity index (χ4n) is 5.40. The van der Waals surface area contributed by atoms with Crippen molar-refractivity contribution < 1.29 is 10.2 Å². The van der Waals surface area contributed by atoms with Gasteiger partial charge in [0.15, 0.2) is 0 Å². The number of halogens is 2. The second kappa shape index (κ2) is 7.75. The summed E-state index contributed by atoms with van der Waals surface area (Å²) in [4.78, 5) is 0. The van der Waals surface area contributed by atoms with E-state index in [1.807, 2.05) is 27.7 Å².